The Morgan fingerprint density at radius 3 is 2.57 bits per heavy atom. The topological polar surface area (TPSA) is 69.1 Å². The summed E-state index contributed by atoms with van der Waals surface area (Å²) in [6, 6.07) is 12.0. The highest BCUT2D eigenvalue weighted by atomic mass is 16.5. The van der Waals surface area contributed by atoms with Crippen LogP contribution in [0.3, 0.4) is 0 Å². The highest BCUT2D eigenvalue weighted by Gasteiger charge is 2.12. The molecule has 0 aliphatic rings. The van der Waals surface area contributed by atoms with E-state index in [0.29, 0.717) is 11.7 Å². The molecule has 4 rings (SSSR count). The maximum atomic E-state index is 5.40. The summed E-state index contributed by atoms with van der Waals surface area (Å²) in [4.78, 5) is 4.50. The van der Waals surface area contributed by atoms with Crippen LogP contribution in [0.2, 0.25) is 0 Å². The molecule has 3 aromatic heterocycles. The standard InChI is InChI=1S/C17H15N5O/c1-3-12-4-6-13(7-5-12)17-18-16(21-23-17)14-8-9-15-20-19-11(2)22(15)10-14/h4-10H,3H2,1-2H3. The summed E-state index contributed by atoms with van der Waals surface area (Å²) in [5.41, 5.74) is 3.86. The third-order valence-electron chi connectivity index (χ3n) is 3.87. The van der Waals surface area contributed by atoms with Gasteiger partial charge in [0.25, 0.3) is 5.89 Å². The van der Waals surface area contributed by atoms with Crippen LogP contribution in [0.1, 0.15) is 18.3 Å². The van der Waals surface area contributed by atoms with Crippen molar-refractivity contribution < 1.29 is 4.52 Å². The molecule has 0 spiro atoms. The molecule has 6 nitrogen and oxygen atoms in total. The van der Waals surface area contributed by atoms with Gasteiger partial charge in [-0.15, -0.1) is 10.2 Å². The zero-order chi connectivity index (χ0) is 15.8. The first kappa shape index (κ1) is 13.6. The molecule has 0 fully saturated rings. The second-order valence-electron chi connectivity index (χ2n) is 5.37. The second-order valence-corrected chi connectivity index (χ2v) is 5.37. The lowest BCUT2D eigenvalue weighted by molar-refractivity contribution is 0.432. The Balaban J connectivity index is 1.71. The lowest BCUT2D eigenvalue weighted by atomic mass is 10.1. The second kappa shape index (κ2) is 5.31. The zero-order valence-electron chi connectivity index (χ0n) is 12.9. The number of benzene rings is 1. The number of rotatable bonds is 3. The predicted molar refractivity (Wildman–Crippen MR) is 85.8 cm³/mol. The van der Waals surface area contributed by atoms with E-state index in [4.69, 9.17) is 4.52 Å². The first-order valence-corrected chi connectivity index (χ1v) is 7.49. The van der Waals surface area contributed by atoms with E-state index in [2.05, 4.69) is 39.4 Å². The molecule has 0 aliphatic carbocycles. The summed E-state index contributed by atoms with van der Waals surface area (Å²) >= 11 is 0. The van der Waals surface area contributed by atoms with E-state index in [1.807, 2.05) is 41.8 Å². The molecule has 6 heteroatoms. The Morgan fingerprint density at radius 1 is 1.00 bits per heavy atom. The van der Waals surface area contributed by atoms with E-state index in [9.17, 15) is 0 Å². The number of nitrogens with zero attached hydrogens (tertiary/aromatic N) is 5. The lowest BCUT2D eigenvalue weighted by Crippen LogP contribution is -1.90. The molecular weight excluding hydrogens is 290 g/mol. The Labute approximate surface area is 132 Å². The van der Waals surface area contributed by atoms with Crippen LogP contribution in [-0.4, -0.2) is 24.7 Å². The highest BCUT2D eigenvalue weighted by molar-refractivity contribution is 5.61. The van der Waals surface area contributed by atoms with Crippen LogP contribution in [-0.2, 0) is 6.42 Å². The number of pyridine rings is 1. The summed E-state index contributed by atoms with van der Waals surface area (Å²) in [7, 11) is 0. The fourth-order valence-corrected chi connectivity index (χ4v) is 2.48. The van der Waals surface area contributed by atoms with E-state index in [-0.39, 0.29) is 0 Å². The molecule has 0 saturated heterocycles. The number of hydrogen-bond acceptors (Lipinski definition) is 5. The maximum Gasteiger partial charge on any atom is 0.258 e. The van der Waals surface area contributed by atoms with Crippen molar-refractivity contribution in [2.75, 3.05) is 0 Å². The monoisotopic (exact) mass is 305 g/mol. The van der Waals surface area contributed by atoms with Crippen molar-refractivity contribution in [1.29, 1.82) is 0 Å². The van der Waals surface area contributed by atoms with E-state index in [1.54, 1.807) is 0 Å². The lowest BCUT2D eigenvalue weighted by Gasteiger charge is -1.98. The van der Waals surface area contributed by atoms with Gasteiger partial charge in [0, 0.05) is 17.3 Å². The summed E-state index contributed by atoms with van der Waals surface area (Å²) in [6.07, 6.45) is 2.92. The van der Waals surface area contributed by atoms with Crippen molar-refractivity contribution in [2.45, 2.75) is 20.3 Å². The van der Waals surface area contributed by atoms with Crippen LogP contribution < -0.4 is 0 Å². The molecule has 1 aromatic carbocycles. The van der Waals surface area contributed by atoms with Crippen LogP contribution in [0.5, 0.6) is 0 Å². The van der Waals surface area contributed by atoms with Gasteiger partial charge in [0.1, 0.15) is 5.82 Å². The molecule has 4 aromatic rings. The Kier molecular flexibility index (Phi) is 3.15. The minimum absolute atomic E-state index is 0.517. The minimum Gasteiger partial charge on any atom is -0.334 e. The number of fused-ring (bicyclic) bond motifs is 1. The third-order valence-corrected chi connectivity index (χ3v) is 3.87. The fourth-order valence-electron chi connectivity index (χ4n) is 2.48. The predicted octanol–water partition coefficient (Wildman–Crippen LogP) is 3.32. The van der Waals surface area contributed by atoms with Crippen LogP contribution in [0.15, 0.2) is 47.1 Å². The molecule has 0 unspecified atom stereocenters. The molecule has 114 valence electrons. The maximum absolute atomic E-state index is 5.40. The molecule has 23 heavy (non-hydrogen) atoms. The first-order valence-electron chi connectivity index (χ1n) is 7.49. The Morgan fingerprint density at radius 2 is 1.78 bits per heavy atom. The average molecular weight is 305 g/mol. The summed E-state index contributed by atoms with van der Waals surface area (Å²) in [6.45, 7) is 4.03. The van der Waals surface area contributed by atoms with Gasteiger partial charge in [-0.05, 0) is 43.2 Å². The van der Waals surface area contributed by atoms with E-state index >= 15 is 0 Å². The quantitative estimate of drug-likeness (QED) is 0.581. The van der Waals surface area contributed by atoms with Crippen molar-refractivity contribution in [1.82, 2.24) is 24.7 Å². The highest BCUT2D eigenvalue weighted by Crippen LogP contribution is 2.23. The molecule has 3 heterocycles. The summed E-state index contributed by atoms with van der Waals surface area (Å²) in [5.74, 6) is 1.89. The number of hydrogen-bond donors (Lipinski definition) is 0. The van der Waals surface area contributed by atoms with Gasteiger partial charge >= 0.3 is 0 Å². The number of aryl methyl sites for hydroxylation is 2. The van der Waals surface area contributed by atoms with Gasteiger partial charge in [0.05, 0.1) is 0 Å². The van der Waals surface area contributed by atoms with Gasteiger partial charge in [-0.3, -0.25) is 4.40 Å². The van der Waals surface area contributed by atoms with E-state index < -0.39 is 0 Å². The molecule has 0 N–H and O–H groups in total. The third kappa shape index (κ3) is 2.38. The summed E-state index contributed by atoms with van der Waals surface area (Å²) in [5, 5.41) is 12.2. The summed E-state index contributed by atoms with van der Waals surface area (Å²) < 4.78 is 7.30. The van der Waals surface area contributed by atoms with Gasteiger partial charge in [-0.1, -0.05) is 24.2 Å². The Hall–Kier alpha value is -3.02. The molecule has 0 saturated carbocycles. The van der Waals surface area contributed by atoms with Gasteiger partial charge in [0.2, 0.25) is 5.82 Å². The largest absolute Gasteiger partial charge is 0.334 e. The van der Waals surface area contributed by atoms with Crippen molar-refractivity contribution in [3.8, 4) is 22.8 Å². The minimum atomic E-state index is 0.517. The van der Waals surface area contributed by atoms with Crippen molar-refractivity contribution in [3.05, 3.63) is 54.0 Å². The van der Waals surface area contributed by atoms with Crippen molar-refractivity contribution in [3.63, 3.8) is 0 Å². The normalized spacial score (nSPS) is 11.2. The van der Waals surface area contributed by atoms with E-state index in [1.165, 1.54) is 5.56 Å². The van der Waals surface area contributed by atoms with Crippen LogP contribution in [0.4, 0.5) is 0 Å². The molecule has 0 amide bonds. The smallest absolute Gasteiger partial charge is 0.258 e. The van der Waals surface area contributed by atoms with Gasteiger partial charge in [-0.2, -0.15) is 4.98 Å². The molecule has 0 aliphatic heterocycles. The van der Waals surface area contributed by atoms with Gasteiger partial charge < -0.3 is 4.52 Å². The van der Waals surface area contributed by atoms with Crippen LogP contribution in [0, 0.1) is 6.92 Å². The zero-order valence-corrected chi connectivity index (χ0v) is 12.9. The SMILES string of the molecule is CCc1ccc(-c2nc(-c3ccc4nnc(C)n4c3)no2)cc1. The van der Waals surface area contributed by atoms with E-state index in [0.717, 1.165) is 29.0 Å². The molecule has 0 radical (unpaired) electrons. The molecule has 0 bridgehead atoms. The van der Waals surface area contributed by atoms with Crippen molar-refractivity contribution >= 4 is 5.65 Å². The van der Waals surface area contributed by atoms with Crippen LogP contribution >= 0.6 is 0 Å². The Bertz CT molecular complexity index is 968. The number of aromatic nitrogens is 5. The van der Waals surface area contributed by atoms with Crippen LogP contribution in [0.25, 0.3) is 28.5 Å². The fraction of sp³-hybridized carbons (Fsp3) is 0.176. The average Bonchev–Trinajstić information content (AvgIpc) is 3.22. The first-order chi connectivity index (χ1) is 11.2. The molecule has 0 atom stereocenters. The van der Waals surface area contributed by atoms with Gasteiger partial charge in [-0.25, -0.2) is 0 Å². The van der Waals surface area contributed by atoms with Crippen molar-refractivity contribution in [2.24, 2.45) is 0 Å². The van der Waals surface area contributed by atoms with Gasteiger partial charge in [0.15, 0.2) is 5.65 Å². The molecular formula is C17H15N5O.